The van der Waals surface area contributed by atoms with E-state index < -0.39 is 17.8 Å². The van der Waals surface area contributed by atoms with Gasteiger partial charge in [0.25, 0.3) is 0 Å². The molecule has 3 N–H and O–H groups in total. The number of nitrogens with two attached hydrogens (primary N) is 1. The number of nitrogens with zero attached hydrogens (tertiary/aromatic N) is 2. The summed E-state index contributed by atoms with van der Waals surface area (Å²) in [5.74, 6) is -1.84. The number of oxazole rings is 1. The molecule has 16 heavy (non-hydrogen) atoms. The van der Waals surface area contributed by atoms with Gasteiger partial charge in [0.15, 0.2) is 11.2 Å². The van der Waals surface area contributed by atoms with Gasteiger partial charge in [0.05, 0.1) is 6.54 Å². The van der Waals surface area contributed by atoms with Gasteiger partial charge in [0, 0.05) is 6.20 Å². The van der Waals surface area contributed by atoms with E-state index in [-0.39, 0.29) is 6.54 Å². The molecule has 2 aromatic rings. The number of hydrogen-bond acceptors (Lipinski definition) is 5. The minimum absolute atomic E-state index is 0.168. The van der Waals surface area contributed by atoms with Crippen LogP contribution in [0.3, 0.4) is 0 Å². The van der Waals surface area contributed by atoms with Crippen LogP contribution in [0, 0.1) is 0 Å². The normalized spacial score (nSPS) is 12.8. The van der Waals surface area contributed by atoms with Gasteiger partial charge >= 0.3 is 11.7 Å². The van der Waals surface area contributed by atoms with E-state index in [1.165, 1.54) is 6.20 Å². The molecule has 0 aliphatic rings. The zero-order valence-electron chi connectivity index (χ0n) is 8.16. The number of rotatable bonds is 3. The summed E-state index contributed by atoms with van der Waals surface area (Å²) < 4.78 is 5.98. The molecule has 1 atom stereocenters. The van der Waals surface area contributed by atoms with Crippen LogP contribution in [0.2, 0.25) is 0 Å². The van der Waals surface area contributed by atoms with Crippen molar-refractivity contribution >= 4 is 17.2 Å². The molecule has 0 aliphatic carbocycles. The van der Waals surface area contributed by atoms with Gasteiger partial charge in [-0.2, -0.15) is 0 Å². The highest BCUT2D eigenvalue weighted by atomic mass is 16.4. The highest BCUT2D eigenvalue weighted by Crippen LogP contribution is 2.08. The van der Waals surface area contributed by atoms with E-state index in [0.29, 0.717) is 11.2 Å². The van der Waals surface area contributed by atoms with Crippen LogP contribution in [0.4, 0.5) is 0 Å². The summed E-state index contributed by atoms with van der Waals surface area (Å²) in [4.78, 5) is 25.9. The van der Waals surface area contributed by atoms with E-state index in [4.69, 9.17) is 15.3 Å². The first-order chi connectivity index (χ1) is 7.59. The van der Waals surface area contributed by atoms with Crippen molar-refractivity contribution in [3.8, 4) is 0 Å². The van der Waals surface area contributed by atoms with E-state index in [9.17, 15) is 9.59 Å². The van der Waals surface area contributed by atoms with Gasteiger partial charge in [-0.1, -0.05) is 0 Å². The van der Waals surface area contributed by atoms with E-state index in [0.717, 1.165) is 4.57 Å². The van der Waals surface area contributed by atoms with Gasteiger partial charge in [-0.3, -0.25) is 9.36 Å². The molecule has 2 aromatic heterocycles. The number of pyridine rings is 1. The van der Waals surface area contributed by atoms with Gasteiger partial charge < -0.3 is 15.3 Å². The lowest BCUT2D eigenvalue weighted by molar-refractivity contribution is -0.138. The van der Waals surface area contributed by atoms with Crippen molar-refractivity contribution in [1.82, 2.24) is 9.55 Å². The highest BCUT2D eigenvalue weighted by molar-refractivity contribution is 5.73. The fourth-order valence-electron chi connectivity index (χ4n) is 1.34. The number of fused-ring (bicyclic) bond motifs is 1. The van der Waals surface area contributed by atoms with Crippen LogP contribution in [0.5, 0.6) is 0 Å². The lowest BCUT2D eigenvalue weighted by Crippen LogP contribution is -2.37. The molecule has 0 radical (unpaired) electrons. The van der Waals surface area contributed by atoms with Crippen LogP contribution in [-0.2, 0) is 11.3 Å². The van der Waals surface area contributed by atoms with Gasteiger partial charge in [-0.15, -0.1) is 0 Å². The Labute approximate surface area is 89.1 Å². The minimum Gasteiger partial charge on any atom is -0.480 e. The molecular weight excluding hydrogens is 214 g/mol. The Balaban J connectivity index is 2.48. The second-order valence-electron chi connectivity index (χ2n) is 3.25. The number of carbonyl (C=O) groups is 1. The Morgan fingerprint density at radius 3 is 3.12 bits per heavy atom. The van der Waals surface area contributed by atoms with Crippen molar-refractivity contribution in [2.75, 3.05) is 0 Å². The topological polar surface area (TPSA) is 111 Å². The smallest absolute Gasteiger partial charge is 0.421 e. The van der Waals surface area contributed by atoms with Gasteiger partial charge in [0.2, 0.25) is 0 Å². The van der Waals surface area contributed by atoms with Crippen LogP contribution < -0.4 is 11.5 Å². The maximum atomic E-state index is 11.4. The minimum atomic E-state index is -1.18. The first kappa shape index (κ1) is 10.4. The van der Waals surface area contributed by atoms with Crippen LogP contribution in [0.25, 0.3) is 11.2 Å². The van der Waals surface area contributed by atoms with Crippen LogP contribution >= 0.6 is 0 Å². The fourth-order valence-corrected chi connectivity index (χ4v) is 1.34. The molecule has 0 spiro atoms. The van der Waals surface area contributed by atoms with E-state index >= 15 is 0 Å². The van der Waals surface area contributed by atoms with Crippen LogP contribution in [0.15, 0.2) is 27.5 Å². The summed E-state index contributed by atoms with van der Waals surface area (Å²) in [6.45, 7) is -0.168. The molecule has 0 amide bonds. The van der Waals surface area contributed by atoms with E-state index in [1.54, 1.807) is 12.1 Å². The number of aromatic nitrogens is 2. The van der Waals surface area contributed by atoms with Crippen LogP contribution in [-0.4, -0.2) is 26.7 Å². The summed E-state index contributed by atoms with van der Waals surface area (Å²) in [5.41, 5.74) is 5.94. The molecule has 7 heteroatoms. The largest absolute Gasteiger partial charge is 0.480 e. The first-order valence-corrected chi connectivity index (χ1v) is 4.52. The molecule has 0 saturated carbocycles. The van der Waals surface area contributed by atoms with E-state index in [1.807, 2.05) is 0 Å². The number of hydrogen-bond donors (Lipinski definition) is 2. The zero-order valence-corrected chi connectivity index (χ0v) is 8.16. The summed E-state index contributed by atoms with van der Waals surface area (Å²) in [5, 5.41) is 8.65. The predicted octanol–water partition coefficient (Wildman–Crippen LogP) is -0.599. The Hall–Kier alpha value is -2.15. The van der Waals surface area contributed by atoms with Crippen molar-refractivity contribution in [2.24, 2.45) is 5.73 Å². The summed E-state index contributed by atoms with van der Waals surface area (Å²) in [6.07, 6.45) is 1.49. The molecule has 7 nitrogen and oxygen atoms in total. The van der Waals surface area contributed by atoms with Crippen molar-refractivity contribution in [2.45, 2.75) is 12.6 Å². The fraction of sp³-hybridized carbons (Fsp3) is 0.222. The Bertz CT molecular complexity index is 586. The van der Waals surface area contributed by atoms with E-state index in [2.05, 4.69) is 4.98 Å². The monoisotopic (exact) mass is 223 g/mol. The molecule has 0 aromatic carbocycles. The summed E-state index contributed by atoms with van der Waals surface area (Å²) in [7, 11) is 0. The molecule has 84 valence electrons. The Morgan fingerprint density at radius 2 is 2.44 bits per heavy atom. The van der Waals surface area contributed by atoms with Crippen molar-refractivity contribution in [3.63, 3.8) is 0 Å². The molecule has 2 rings (SSSR count). The van der Waals surface area contributed by atoms with Gasteiger partial charge in [-0.05, 0) is 12.1 Å². The summed E-state index contributed by atoms with van der Waals surface area (Å²) >= 11 is 0. The lowest BCUT2D eigenvalue weighted by atomic mass is 10.3. The standard InChI is InChI=1S/C9H9N3O4/c10-5(8(13)14)4-12-7-6(16-9(12)15)2-1-3-11-7/h1-3,5H,4,10H2,(H,13,14). The third-order valence-electron chi connectivity index (χ3n) is 2.12. The molecule has 2 heterocycles. The average Bonchev–Trinajstić information content (AvgIpc) is 2.55. The second kappa shape index (κ2) is 3.78. The number of carboxylic acids is 1. The third kappa shape index (κ3) is 1.68. The molecule has 1 unspecified atom stereocenters. The maximum Gasteiger partial charge on any atom is 0.421 e. The van der Waals surface area contributed by atoms with Crippen molar-refractivity contribution < 1.29 is 14.3 Å². The van der Waals surface area contributed by atoms with Gasteiger partial charge in [-0.25, -0.2) is 9.78 Å². The molecule has 0 saturated heterocycles. The molecule has 0 aliphatic heterocycles. The number of aliphatic carboxylic acids is 1. The zero-order chi connectivity index (χ0) is 11.7. The molecular formula is C9H9N3O4. The Kier molecular flexibility index (Phi) is 2.45. The van der Waals surface area contributed by atoms with Crippen LogP contribution in [0.1, 0.15) is 0 Å². The predicted molar refractivity (Wildman–Crippen MR) is 53.9 cm³/mol. The Morgan fingerprint density at radius 1 is 1.69 bits per heavy atom. The first-order valence-electron chi connectivity index (χ1n) is 4.52. The van der Waals surface area contributed by atoms with Crippen molar-refractivity contribution in [3.05, 3.63) is 28.9 Å². The maximum absolute atomic E-state index is 11.4. The van der Waals surface area contributed by atoms with Gasteiger partial charge in [0.1, 0.15) is 6.04 Å². The average molecular weight is 223 g/mol. The highest BCUT2D eigenvalue weighted by Gasteiger charge is 2.17. The summed E-state index contributed by atoms with van der Waals surface area (Å²) in [6, 6.07) is 2.03. The van der Waals surface area contributed by atoms with Crippen molar-refractivity contribution in [1.29, 1.82) is 0 Å². The lowest BCUT2D eigenvalue weighted by Gasteiger charge is -2.05. The second-order valence-corrected chi connectivity index (χ2v) is 3.25. The molecule has 0 fully saturated rings. The number of carboxylic acid groups (broad SMARTS) is 1. The SMILES string of the molecule is NC(Cn1c(=O)oc2cccnc21)C(=O)O. The molecule has 0 bridgehead atoms. The third-order valence-corrected chi connectivity index (χ3v) is 2.12. The quantitative estimate of drug-likeness (QED) is 0.718.